The molecule has 0 spiro atoms. The van der Waals surface area contributed by atoms with Gasteiger partial charge in [0.05, 0.1) is 5.56 Å². The lowest BCUT2D eigenvalue weighted by atomic mass is 9.73. The van der Waals surface area contributed by atoms with E-state index in [4.69, 9.17) is 23.2 Å². The van der Waals surface area contributed by atoms with Crippen LogP contribution in [-0.4, -0.2) is 8.80 Å². The van der Waals surface area contributed by atoms with Crippen LogP contribution in [0.15, 0.2) is 16.6 Å². The zero-order valence-corrected chi connectivity index (χ0v) is 23.3. The van der Waals surface area contributed by atoms with Gasteiger partial charge in [0.15, 0.2) is 5.83 Å². The molecule has 0 N–H and O–H groups in total. The molecule has 0 atom stereocenters. The van der Waals surface area contributed by atoms with Gasteiger partial charge in [0.1, 0.15) is 16.1 Å². The largest absolute Gasteiger partial charge is 0.206 e. The van der Waals surface area contributed by atoms with Crippen molar-refractivity contribution in [3.05, 3.63) is 39.4 Å². The quantitative estimate of drug-likeness (QED) is 0.196. The second kappa shape index (κ2) is 14.3. The Labute approximate surface area is 216 Å². The van der Waals surface area contributed by atoms with Gasteiger partial charge in [-0.3, -0.25) is 0 Å². The minimum absolute atomic E-state index is 0.407. The van der Waals surface area contributed by atoms with Gasteiger partial charge in [0.25, 0.3) is 0 Å². The van der Waals surface area contributed by atoms with Gasteiger partial charge >= 0.3 is 0 Å². The van der Waals surface area contributed by atoms with E-state index in [0.29, 0.717) is 12.0 Å². The Morgan fingerprint density at radius 3 is 2.09 bits per heavy atom. The summed E-state index contributed by atoms with van der Waals surface area (Å²) in [5, 5.41) is 0. The molecule has 1 saturated heterocycles. The summed E-state index contributed by atoms with van der Waals surface area (Å²) in [6.45, 7) is 2.30. The van der Waals surface area contributed by atoms with Crippen LogP contribution in [-0.2, 0) is 6.42 Å². The summed E-state index contributed by atoms with van der Waals surface area (Å²) in [7, 11) is -0.407. The summed E-state index contributed by atoms with van der Waals surface area (Å²) in [4.78, 5) is 0. The Hall–Kier alpha value is -0.453. The molecular weight excluding hydrogens is 492 g/mol. The van der Waals surface area contributed by atoms with Crippen LogP contribution in [0.1, 0.15) is 95.1 Å². The molecule has 2 aliphatic rings. The lowest BCUT2D eigenvalue weighted by molar-refractivity contribution is 0.184. The molecule has 6 heteroatoms. The van der Waals surface area contributed by atoms with Crippen LogP contribution in [0.5, 0.6) is 0 Å². The molecule has 3 rings (SSSR count). The van der Waals surface area contributed by atoms with Crippen LogP contribution in [0.4, 0.5) is 13.2 Å². The smallest absolute Gasteiger partial charge is 0.166 e. The predicted molar refractivity (Wildman–Crippen MR) is 143 cm³/mol. The first-order valence-electron chi connectivity index (χ1n) is 13.6. The third-order valence-corrected chi connectivity index (χ3v) is 12.3. The van der Waals surface area contributed by atoms with Crippen LogP contribution >= 0.6 is 23.2 Å². The fraction of sp³-hybridized carbons (Fsp3) is 0.714. The highest BCUT2D eigenvalue weighted by Gasteiger charge is 2.31. The van der Waals surface area contributed by atoms with Gasteiger partial charge in [-0.2, -0.15) is 0 Å². The van der Waals surface area contributed by atoms with Crippen molar-refractivity contribution in [2.45, 2.75) is 109 Å². The first-order valence-corrected chi connectivity index (χ1v) is 16.8. The van der Waals surface area contributed by atoms with E-state index in [2.05, 4.69) is 6.92 Å². The highest BCUT2D eigenvalue weighted by Crippen LogP contribution is 2.42. The molecule has 1 aromatic rings. The zero-order chi connectivity index (χ0) is 24.5. The number of rotatable bonds is 11. The number of halogens is 5. The van der Waals surface area contributed by atoms with Crippen molar-refractivity contribution in [3.63, 3.8) is 0 Å². The molecule has 2 fully saturated rings. The van der Waals surface area contributed by atoms with Crippen LogP contribution in [0, 0.1) is 29.4 Å². The van der Waals surface area contributed by atoms with Crippen molar-refractivity contribution >= 4 is 37.8 Å². The lowest BCUT2D eigenvalue weighted by Gasteiger charge is -2.37. The molecule has 0 aromatic heterocycles. The molecule has 0 radical (unpaired) electrons. The summed E-state index contributed by atoms with van der Waals surface area (Å²) in [6, 6.07) is 7.17. The van der Waals surface area contributed by atoms with Crippen LogP contribution in [0.25, 0.3) is 5.83 Å². The summed E-state index contributed by atoms with van der Waals surface area (Å²) < 4.78 is 41.4. The van der Waals surface area contributed by atoms with Crippen LogP contribution in [0.2, 0.25) is 18.1 Å². The maximum absolute atomic E-state index is 14.2. The van der Waals surface area contributed by atoms with Crippen molar-refractivity contribution in [2.24, 2.45) is 17.8 Å². The van der Waals surface area contributed by atoms with Crippen molar-refractivity contribution in [1.82, 2.24) is 0 Å². The summed E-state index contributed by atoms with van der Waals surface area (Å²) in [5.41, 5.74) is -0.234. The van der Waals surface area contributed by atoms with Gasteiger partial charge in [-0.15, -0.1) is 0 Å². The van der Waals surface area contributed by atoms with Gasteiger partial charge in [0.2, 0.25) is 0 Å². The maximum Gasteiger partial charge on any atom is 0.166 e. The lowest BCUT2D eigenvalue weighted by Crippen LogP contribution is -2.28. The number of aryl methyl sites for hydroxylation is 1. The topological polar surface area (TPSA) is 0 Å². The molecule has 1 aliphatic carbocycles. The highest BCUT2D eigenvalue weighted by molar-refractivity contribution is 6.59. The van der Waals surface area contributed by atoms with Crippen LogP contribution in [0.3, 0.4) is 0 Å². The van der Waals surface area contributed by atoms with Crippen molar-refractivity contribution in [3.8, 4) is 0 Å². The maximum atomic E-state index is 14.2. The number of hydrogen-bond donors (Lipinski definition) is 0. The Balaban J connectivity index is 1.33. The first kappa shape index (κ1) is 28.1. The number of unbranched alkanes of at least 4 members (excludes halogenated alkanes) is 3. The van der Waals surface area contributed by atoms with E-state index in [1.54, 1.807) is 18.1 Å². The first-order chi connectivity index (χ1) is 16.4. The Kier molecular flexibility index (Phi) is 11.9. The molecule has 0 bridgehead atoms. The van der Waals surface area contributed by atoms with Gasteiger partial charge in [-0.25, -0.2) is 13.2 Å². The molecular formula is C28H41Cl2F3Si. The van der Waals surface area contributed by atoms with E-state index >= 15 is 0 Å². The van der Waals surface area contributed by atoms with Gasteiger partial charge in [-0.05, 0) is 61.1 Å². The second-order valence-corrected chi connectivity index (χ2v) is 15.2. The van der Waals surface area contributed by atoms with Gasteiger partial charge in [-0.1, -0.05) is 106 Å². The zero-order valence-electron chi connectivity index (χ0n) is 20.7. The minimum atomic E-state index is -1.26. The fourth-order valence-electron chi connectivity index (χ4n) is 6.42. The van der Waals surface area contributed by atoms with E-state index in [1.165, 1.54) is 76.3 Å². The number of benzene rings is 1. The molecule has 192 valence electrons. The molecule has 34 heavy (non-hydrogen) atoms. The van der Waals surface area contributed by atoms with Crippen molar-refractivity contribution < 1.29 is 13.2 Å². The summed E-state index contributed by atoms with van der Waals surface area (Å²) in [5.74, 6) is -0.414. The van der Waals surface area contributed by atoms with E-state index in [-0.39, 0.29) is 0 Å². The summed E-state index contributed by atoms with van der Waals surface area (Å²) >= 11 is 10.7. The van der Waals surface area contributed by atoms with Gasteiger partial charge < -0.3 is 0 Å². The Morgan fingerprint density at radius 2 is 1.50 bits per heavy atom. The molecule has 1 heterocycles. The summed E-state index contributed by atoms with van der Waals surface area (Å²) in [6.07, 6.45) is 16.5. The standard InChI is InChI=1S/C28H41Cl2F3Si/c1-2-3-6-15-34-16-13-23(14-17-34)22-11-9-20(10-12-22)7-4-5-8-21-18-24(31)26(25(32)19-21)27(33)28(29)30/h18-20,22-23,34H,2-17H2,1H3. The van der Waals surface area contributed by atoms with E-state index < -0.39 is 36.3 Å². The predicted octanol–water partition coefficient (Wildman–Crippen LogP) is 10.4. The Bertz CT molecular complexity index is 770. The average Bonchev–Trinajstić information content (AvgIpc) is 2.82. The van der Waals surface area contributed by atoms with Crippen molar-refractivity contribution in [2.75, 3.05) is 0 Å². The molecule has 1 aliphatic heterocycles. The molecule has 0 nitrogen and oxygen atoms in total. The normalized spacial score (nSPS) is 25.4. The molecule has 1 aromatic carbocycles. The fourth-order valence-corrected chi connectivity index (χ4v) is 10.1. The molecule has 0 amide bonds. The van der Waals surface area contributed by atoms with E-state index in [1.807, 2.05) is 0 Å². The van der Waals surface area contributed by atoms with Crippen molar-refractivity contribution in [1.29, 1.82) is 0 Å². The average molecular weight is 534 g/mol. The minimum Gasteiger partial charge on any atom is -0.206 e. The van der Waals surface area contributed by atoms with Gasteiger partial charge in [0, 0.05) is 8.80 Å². The SMILES string of the molecule is CCCCC[SiH]1CCC(C2CCC(CCCCc3cc(F)c(C(F)=C(Cl)Cl)c(F)c3)CC2)CC1. The monoisotopic (exact) mass is 532 g/mol. The third kappa shape index (κ3) is 8.30. The van der Waals surface area contributed by atoms with Crippen LogP contribution < -0.4 is 0 Å². The van der Waals surface area contributed by atoms with E-state index in [9.17, 15) is 13.2 Å². The Morgan fingerprint density at radius 1 is 0.882 bits per heavy atom. The van der Waals surface area contributed by atoms with E-state index in [0.717, 1.165) is 30.6 Å². The second-order valence-electron chi connectivity index (χ2n) is 10.8. The number of hydrogen-bond acceptors (Lipinski definition) is 0. The third-order valence-electron chi connectivity index (χ3n) is 8.48. The molecule has 1 saturated carbocycles. The molecule has 0 unspecified atom stereocenters. The highest BCUT2D eigenvalue weighted by atomic mass is 35.5.